The Bertz CT molecular complexity index is 607. The summed E-state index contributed by atoms with van der Waals surface area (Å²) in [4.78, 5) is 12.4. The number of ether oxygens (including phenoxy) is 2. The highest BCUT2D eigenvalue weighted by Crippen LogP contribution is 2.33. The Morgan fingerprint density at radius 3 is 2.30 bits per heavy atom. The number of hydrogen-bond donors (Lipinski definition) is 1. The number of carbonyl (C=O) groups excluding carboxylic acids is 1. The number of halogens is 4. The van der Waals surface area contributed by atoms with Gasteiger partial charge in [-0.2, -0.15) is 0 Å². The van der Waals surface area contributed by atoms with Gasteiger partial charge in [-0.05, 0) is 31.5 Å². The van der Waals surface area contributed by atoms with Gasteiger partial charge in [-0.1, -0.05) is 45.4 Å². The van der Waals surface area contributed by atoms with Gasteiger partial charge in [-0.3, -0.25) is 0 Å². The molecule has 0 spiro atoms. The number of nitrogens with two attached hydrogens (primary N) is 1. The highest BCUT2D eigenvalue weighted by Gasteiger charge is 2.40. The minimum Gasteiger partial charge on any atom is -0.464 e. The van der Waals surface area contributed by atoms with Crippen molar-refractivity contribution in [1.29, 1.82) is 0 Å². The second-order valence-corrected chi connectivity index (χ2v) is 6.40. The van der Waals surface area contributed by atoms with Crippen LogP contribution in [0.5, 0.6) is 5.75 Å². The molecule has 8 heteroatoms. The molecule has 1 rings (SSSR count). The fourth-order valence-electron chi connectivity index (χ4n) is 2.83. The SMILES string of the molecule is CCCCCCCCC(N)(C(=O)OCC)c1cc(OC(F)(F)F)ccc1F. The maximum Gasteiger partial charge on any atom is 0.573 e. The Balaban J connectivity index is 3.04. The largest absolute Gasteiger partial charge is 0.573 e. The summed E-state index contributed by atoms with van der Waals surface area (Å²) in [6, 6.07) is 2.46. The van der Waals surface area contributed by atoms with Crippen LogP contribution in [0.1, 0.15) is 64.4 Å². The van der Waals surface area contributed by atoms with Crippen molar-refractivity contribution in [3.63, 3.8) is 0 Å². The summed E-state index contributed by atoms with van der Waals surface area (Å²) in [5.41, 5.74) is 3.93. The molecule has 0 heterocycles. The molecular formula is C19H27F4NO3. The quantitative estimate of drug-likeness (QED) is 0.319. The van der Waals surface area contributed by atoms with Crippen LogP contribution in [0.25, 0.3) is 0 Å². The second kappa shape index (κ2) is 10.5. The van der Waals surface area contributed by atoms with Crippen molar-refractivity contribution in [2.24, 2.45) is 5.73 Å². The maximum atomic E-state index is 14.3. The third-order valence-corrected chi connectivity index (χ3v) is 4.22. The van der Waals surface area contributed by atoms with E-state index in [1.54, 1.807) is 6.92 Å². The van der Waals surface area contributed by atoms with E-state index in [0.717, 1.165) is 50.3 Å². The lowest BCUT2D eigenvalue weighted by Gasteiger charge is -2.28. The zero-order chi connectivity index (χ0) is 20.5. The summed E-state index contributed by atoms with van der Waals surface area (Å²) in [6.45, 7) is 3.68. The standard InChI is InChI=1S/C19H27F4NO3/c1-3-5-6-7-8-9-12-18(24,17(25)26-4-2)15-13-14(10-11-16(15)20)27-19(21,22)23/h10-11,13H,3-9,12,24H2,1-2H3. The van der Waals surface area contributed by atoms with E-state index in [0.29, 0.717) is 6.42 Å². The summed E-state index contributed by atoms with van der Waals surface area (Å²) < 4.78 is 60.5. The van der Waals surface area contributed by atoms with E-state index < -0.39 is 29.4 Å². The molecule has 0 saturated heterocycles. The second-order valence-electron chi connectivity index (χ2n) is 6.40. The highest BCUT2D eigenvalue weighted by atomic mass is 19.4. The predicted octanol–water partition coefficient (Wildman–Crippen LogP) is 5.19. The Kier molecular flexibility index (Phi) is 9.02. The summed E-state index contributed by atoms with van der Waals surface area (Å²) in [5.74, 6) is -2.39. The van der Waals surface area contributed by atoms with Gasteiger partial charge in [0.05, 0.1) is 6.61 Å². The normalized spacial score (nSPS) is 13.9. The molecule has 0 fully saturated rings. The topological polar surface area (TPSA) is 61.6 Å². The Labute approximate surface area is 157 Å². The van der Waals surface area contributed by atoms with Crippen molar-refractivity contribution in [3.05, 3.63) is 29.6 Å². The maximum absolute atomic E-state index is 14.3. The van der Waals surface area contributed by atoms with E-state index in [-0.39, 0.29) is 18.6 Å². The van der Waals surface area contributed by atoms with Crippen LogP contribution in [0, 0.1) is 5.82 Å². The van der Waals surface area contributed by atoms with Crippen molar-refractivity contribution >= 4 is 5.97 Å². The van der Waals surface area contributed by atoms with Crippen molar-refractivity contribution in [3.8, 4) is 5.75 Å². The third-order valence-electron chi connectivity index (χ3n) is 4.22. The van der Waals surface area contributed by atoms with Crippen LogP contribution < -0.4 is 10.5 Å². The molecule has 0 bridgehead atoms. The van der Waals surface area contributed by atoms with Gasteiger partial charge in [0.25, 0.3) is 0 Å². The Morgan fingerprint density at radius 1 is 1.07 bits per heavy atom. The number of hydrogen-bond acceptors (Lipinski definition) is 4. The van der Waals surface area contributed by atoms with E-state index >= 15 is 0 Å². The van der Waals surface area contributed by atoms with Crippen LogP contribution in [0.15, 0.2) is 18.2 Å². The lowest BCUT2D eigenvalue weighted by molar-refractivity contribution is -0.274. The van der Waals surface area contributed by atoms with Crippen LogP contribution >= 0.6 is 0 Å². The molecule has 0 aliphatic carbocycles. The Morgan fingerprint density at radius 2 is 1.70 bits per heavy atom. The molecule has 0 aliphatic rings. The fraction of sp³-hybridized carbons (Fsp3) is 0.632. The van der Waals surface area contributed by atoms with Crippen LogP contribution in [0.2, 0.25) is 0 Å². The summed E-state index contributed by atoms with van der Waals surface area (Å²) in [7, 11) is 0. The lowest BCUT2D eigenvalue weighted by Crippen LogP contribution is -2.47. The van der Waals surface area contributed by atoms with Crippen molar-refractivity contribution in [2.75, 3.05) is 6.61 Å². The van der Waals surface area contributed by atoms with E-state index in [2.05, 4.69) is 11.7 Å². The van der Waals surface area contributed by atoms with E-state index in [9.17, 15) is 22.4 Å². The fourth-order valence-corrected chi connectivity index (χ4v) is 2.83. The number of carbonyl (C=O) groups is 1. The Hall–Kier alpha value is -1.83. The lowest BCUT2D eigenvalue weighted by atomic mass is 9.85. The summed E-state index contributed by atoms with van der Waals surface area (Å²) >= 11 is 0. The molecule has 1 aromatic carbocycles. The number of benzene rings is 1. The first-order valence-electron chi connectivity index (χ1n) is 9.16. The average Bonchev–Trinajstić information content (AvgIpc) is 2.58. The van der Waals surface area contributed by atoms with Crippen LogP contribution in [-0.4, -0.2) is 18.9 Å². The number of unbranched alkanes of at least 4 members (excludes halogenated alkanes) is 5. The smallest absolute Gasteiger partial charge is 0.464 e. The zero-order valence-electron chi connectivity index (χ0n) is 15.7. The zero-order valence-corrected chi connectivity index (χ0v) is 15.7. The van der Waals surface area contributed by atoms with Gasteiger partial charge in [0.1, 0.15) is 17.1 Å². The molecule has 27 heavy (non-hydrogen) atoms. The minimum atomic E-state index is -4.93. The molecule has 0 saturated carbocycles. The van der Waals surface area contributed by atoms with Gasteiger partial charge in [-0.15, -0.1) is 13.2 Å². The van der Waals surface area contributed by atoms with Gasteiger partial charge < -0.3 is 15.2 Å². The number of alkyl halides is 3. The first-order chi connectivity index (χ1) is 12.6. The number of esters is 1. The first kappa shape index (κ1) is 23.2. The summed E-state index contributed by atoms with van der Waals surface area (Å²) in [6.07, 6.45) is 0.572. The molecule has 0 amide bonds. The highest BCUT2D eigenvalue weighted by molar-refractivity contribution is 5.82. The van der Waals surface area contributed by atoms with E-state index in [4.69, 9.17) is 10.5 Å². The van der Waals surface area contributed by atoms with Gasteiger partial charge in [-0.25, -0.2) is 9.18 Å². The van der Waals surface area contributed by atoms with E-state index in [1.807, 2.05) is 0 Å². The first-order valence-corrected chi connectivity index (χ1v) is 9.16. The molecule has 2 N–H and O–H groups in total. The molecule has 0 aliphatic heterocycles. The molecular weight excluding hydrogens is 366 g/mol. The van der Waals surface area contributed by atoms with Gasteiger partial charge >= 0.3 is 12.3 Å². The van der Waals surface area contributed by atoms with Crippen LogP contribution in [-0.2, 0) is 15.1 Å². The molecule has 1 atom stereocenters. The van der Waals surface area contributed by atoms with Gasteiger partial charge in [0, 0.05) is 5.56 Å². The third kappa shape index (κ3) is 7.36. The van der Waals surface area contributed by atoms with Gasteiger partial charge in [0.2, 0.25) is 0 Å². The van der Waals surface area contributed by atoms with Crippen molar-refractivity contribution in [2.45, 2.75) is 70.7 Å². The monoisotopic (exact) mass is 393 g/mol. The minimum absolute atomic E-state index is 0.0225. The van der Waals surface area contributed by atoms with Crippen LogP contribution in [0.3, 0.4) is 0 Å². The van der Waals surface area contributed by atoms with Gasteiger partial charge in [0.15, 0.2) is 0 Å². The average molecular weight is 393 g/mol. The number of rotatable bonds is 11. The van der Waals surface area contributed by atoms with E-state index in [1.165, 1.54) is 0 Å². The molecule has 154 valence electrons. The molecule has 1 unspecified atom stereocenters. The summed E-state index contributed by atoms with van der Waals surface area (Å²) in [5, 5.41) is 0. The molecule has 0 radical (unpaired) electrons. The predicted molar refractivity (Wildman–Crippen MR) is 93.6 cm³/mol. The van der Waals surface area contributed by atoms with Crippen molar-refractivity contribution in [1.82, 2.24) is 0 Å². The van der Waals surface area contributed by atoms with Crippen molar-refractivity contribution < 1.29 is 31.8 Å². The molecule has 4 nitrogen and oxygen atoms in total. The molecule has 0 aromatic heterocycles. The molecule has 1 aromatic rings. The van der Waals surface area contributed by atoms with Crippen LogP contribution in [0.4, 0.5) is 17.6 Å².